The third-order valence-electron chi connectivity index (χ3n) is 3.75. The van der Waals surface area contributed by atoms with Crippen LogP contribution in [-0.4, -0.2) is 29.5 Å². The van der Waals surface area contributed by atoms with E-state index < -0.39 is 9.84 Å². The van der Waals surface area contributed by atoms with E-state index in [0.29, 0.717) is 12.5 Å². The summed E-state index contributed by atoms with van der Waals surface area (Å²) in [6.45, 7) is 0. The van der Waals surface area contributed by atoms with E-state index in [1.54, 1.807) is 6.20 Å². The summed E-state index contributed by atoms with van der Waals surface area (Å²) < 4.78 is 25.1. The number of nitrogens with zero attached hydrogens (tertiary/aromatic N) is 2. The number of hydrogen-bond acceptors (Lipinski definition) is 4. The summed E-state index contributed by atoms with van der Waals surface area (Å²) in [4.78, 5) is 4.15. The van der Waals surface area contributed by atoms with Crippen LogP contribution in [0.25, 0.3) is 0 Å². The molecule has 0 amide bonds. The fourth-order valence-electron chi connectivity index (χ4n) is 2.58. The molecule has 1 aromatic rings. The van der Waals surface area contributed by atoms with E-state index in [1.807, 2.05) is 6.33 Å². The molecule has 2 heterocycles. The fraction of sp³-hybridized carbons (Fsp3) is 0.727. The second-order valence-corrected chi connectivity index (χ2v) is 7.37. The summed E-state index contributed by atoms with van der Waals surface area (Å²) in [6.07, 6.45) is 6.64. The van der Waals surface area contributed by atoms with Crippen molar-refractivity contribution in [1.82, 2.24) is 9.55 Å². The van der Waals surface area contributed by atoms with E-state index in [9.17, 15) is 8.42 Å². The van der Waals surface area contributed by atoms with Gasteiger partial charge in [0.1, 0.15) is 0 Å². The Morgan fingerprint density at radius 2 is 2.18 bits per heavy atom. The van der Waals surface area contributed by atoms with Gasteiger partial charge in [0.2, 0.25) is 0 Å². The minimum atomic E-state index is -2.86. The Labute approximate surface area is 101 Å². The molecule has 0 aromatic carbocycles. The Balaban J connectivity index is 1.81. The van der Waals surface area contributed by atoms with Gasteiger partial charge in [0, 0.05) is 12.2 Å². The summed E-state index contributed by atoms with van der Waals surface area (Å²) >= 11 is 0. The van der Waals surface area contributed by atoms with Crippen LogP contribution in [0.4, 0.5) is 0 Å². The molecule has 1 saturated heterocycles. The number of sulfone groups is 1. The van der Waals surface area contributed by atoms with Crippen LogP contribution >= 0.6 is 0 Å². The third kappa shape index (κ3) is 2.11. The fourth-order valence-corrected chi connectivity index (χ4v) is 4.43. The van der Waals surface area contributed by atoms with Crippen molar-refractivity contribution in [1.29, 1.82) is 0 Å². The normalized spacial score (nSPS) is 29.4. The van der Waals surface area contributed by atoms with Gasteiger partial charge in [0.05, 0.1) is 29.6 Å². The predicted molar refractivity (Wildman–Crippen MR) is 64.2 cm³/mol. The van der Waals surface area contributed by atoms with Crippen molar-refractivity contribution in [3.8, 4) is 0 Å². The molecule has 1 aliphatic carbocycles. The number of nitrogens with two attached hydrogens (primary N) is 1. The molecule has 2 unspecified atom stereocenters. The quantitative estimate of drug-likeness (QED) is 0.860. The SMILES string of the molecule is NC(c1cncn1C1CC1)C1CCS(=O)(=O)C1. The Morgan fingerprint density at radius 3 is 2.76 bits per heavy atom. The van der Waals surface area contributed by atoms with Gasteiger partial charge in [-0.3, -0.25) is 0 Å². The first-order valence-corrected chi connectivity index (χ1v) is 7.87. The monoisotopic (exact) mass is 255 g/mol. The third-order valence-corrected chi connectivity index (χ3v) is 5.55. The molecule has 6 heteroatoms. The molecule has 1 saturated carbocycles. The Hall–Kier alpha value is -0.880. The topological polar surface area (TPSA) is 78.0 Å². The smallest absolute Gasteiger partial charge is 0.150 e. The highest BCUT2D eigenvalue weighted by atomic mass is 32.2. The second-order valence-electron chi connectivity index (χ2n) is 5.15. The van der Waals surface area contributed by atoms with Crippen LogP contribution < -0.4 is 5.73 Å². The van der Waals surface area contributed by atoms with E-state index in [-0.39, 0.29) is 23.5 Å². The average molecular weight is 255 g/mol. The highest BCUT2D eigenvalue weighted by Gasteiger charge is 2.35. The molecule has 0 bridgehead atoms. The van der Waals surface area contributed by atoms with Gasteiger partial charge in [0.25, 0.3) is 0 Å². The van der Waals surface area contributed by atoms with Crippen LogP contribution in [0.15, 0.2) is 12.5 Å². The molecule has 2 fully saturated rings. The summed E-state index contributed by atoms with van der Waals surface area (Å²) in [5, 5.41) is 0. The van der Waals surface area contributed by atoms with E-state index in [4.69, 9.17) is 5.73 Å². The Morgan fingerprint density at radius 1 is 1.41 bits per heavy atom. The maximum absolute atomic E-state index is 11.5. The lowest BCUT2D eigenvalue weighted by atomic mass is 9.97. The number of imidazole rings is 1. The first kappa shape index (κ1) is 11.2. The van der Waals surface area contributed by atoms with Gasteiger partial charge in [-0.1, -0.05) is 0 Å². The Bertz CT molecular complexity index is 519. The first-order chi connectivity index (χ1) is 8.07. The summed E-state index contributed by atoms with van der Waals surface area (Å²) in [5.41, 5.74) is 7.20. The second kappa shape index (κ2) is 3.81. The van der Waals surface area contributed by atoms with Gasteiger partial charge in [-0.15, -0.1) is 0 Å². The standard InChI is InChI=1S/C11H17N3O2S/c12-11(8-3-4-17(15,16)6-8)10-5-13-7-14(10)9-1-2-9/h5,7-9,11H,1-4,6,12H2. The molecular weight excluding hydrogens is 238 g/mol. The lowest BCUT2D eigenvalue weighted by Gasteiger charge is -2.19. The van der Waals surface area contributed by atoms with Crippen LogP contribution in [0.1, 0.15) is 37.0 Å². The van der Waals surface area contributed by atoms with Gasteiger partial charge in [-0.25, -0.2) is 13.4 Å². The van der Waals surface area contributed by atoms with Gasteiger partial charge < -0.3 is 10.3 Å². The van der Waals surface area contributed by atoms with Crippen molar-refractivity contribution in [3.63, 3.8) is 0 Å². The van der Waals surface area contributed by atoms with E-state index in [2.05, 4.69) is 9.55 Å². The van der Waals surface area contributed by atoms with Crippen LogP contribution in [-0.2, 0) is 9.84 Å². The molecule has 1 aromatic heterocycles. The summed E-state index contributed by atoms with van der Waals surface area (Å²) in [5.74, 6) is 0.557. The predicted octanol–water partition coefficient (Wildman–Crippen LogP) is 0.653. The van der Waals surface area contributed by atoms with E-state index in [1.165, 1.54) is 12.8 Å². The molecule has 94 valence electrons. The van der Waals surface area contributed by atoms with Crippen molar-refractivity contribution < 1.29 is 8.42 Å². The van der Waals surface area contributed by atoms with Gasteiger partial charge in [-0.05, 0) is 25.2 Å². The van der Waals surface area contributed by atoms with Crippen molar-refractivity contribution in [3.05, 3.63) is 18.2 Å². The van der Waals surface area contributed by atoms with Crippen LogP contribution in [0.5, 0.6) is 0 Å². The molecule has 0 radical (unpaired) electrons. The molecule has 17 heavy (non-hydrogen) atoms. The highest BCUT2D eigenvalue weighted by molar-refractivity contribution is 7.91. The van der Waals surface area contributed by atoms with Crippen molar-refractivity contribution >= 4 is 9.84 Å². The number of aromatic nitrogens is 2. The van der Waals surface area contributed by atoms with Crippen molar-refractivity contribution in [2.75, 3.05) is 11.5 Å². The molecule has 3 rings (SSSR count). The van der Waals surface area contributed by atoms with Gasteiger partial charge in [0.15, 0.2) is 9.84 Å². The molecule has 2 N–H and O–H groups in total. The molecule has 1 aliphatic heterocycles. The van der Waals surface area contributed by atoms with Gasteiger partial charge in [-0.2, -0.15) is 0 Å². The summed E-state index contributed by atoms with van der Waals surface area (Å²) in [6, 6.07) is 0.340. The van der Waals surface area contributed by atoms with Crippen molar-refractivity contribution in [2.24, 2.45) is 11.7 Å². The lowest BCUT2D eigenvalue weighted by Crippen LogP contribution is -2.24. The largest absolute Gasteiger partial charge is 0.330 e. The molecule has 0 spiro atoms. The zero-order chi connectivity index (χ0) is 12.0. The zero-order valence-electron chi connectivity index (χ0n) is 9.62. The average Bonchev–Trinajstić information content (AvgIpc) is 2.89. The summed E-state index contributed by atoms with van der Waals surface area (Å²) in [7, 11) is -2.86. The minimum absolute atomic E-state index is 0.0502. The maximum Gasteiger partial charge on any atom is 0.150 e. The number of hydrogen-bond donors (Lipinski definition) is 1. The Kier molecular flexibility index (Phi) is 2.52. The lowest BCUT2D eigenvalue weighted by molar-refractivity contribution is 0.452. The molecule has 2 aliphatic rings. The molecule has 5 nitrogen and oxygen atoms in total. The van der Waals surface area contributed by atoms with Crippen molar-refractivity contribution in [2.45, 2.75) is 31.3 Å². The first-order valence-electron chi connectivity index (χ1n) is 6.04. The zero-order valence-corrected chi connectivity index (χ0v) is 10.4. The molecule has 2 atom stereocenters. The van der Waals surface area contributed by atoms with Gasteiger partial charge >= 0.3 is 0 Å². The number of rotatable bonds is 3. The van der Waals surface area contributed by atoms with Crippen LogP contribution in [0.3, 0.4) is 0 Å². The van der Waals surface area contributed by atoms with E-state index in [0.717, 1.165) is 5.69 Å². The van der Waals surface area contributed by atoms with Crippen LogP contribution in [0.2, 0.25) is 0 Å². The molecular formula is C11H17N3O2S. The van der Waals surface area contributed by atoms with Crippen LogP contribution in [0, 0.1) is 5.92 Å². The maximum atomic E-state index is 11.5. The highest BCUT2D eigenvalue weighted by Crippen LogP contribution is 2.38. The van der Waals surface area contributed by atoms with E-state index >= 15 is 0 Å². The minimum Gasteiger partial charge on any atom is -0.330 e.